The predicted molar refractivity (Wildman–Crippen MR) is 114 cm³/mol. The number of amides is 1. The fourth-order valence-electron chi connectivity index (χ4n) is 3.46. The molecule has 5 rings (SSSR count). The fraction of sp³-hybridized carbons (Fsp3) is 0.0909. The van der Waals surface area contributed by atoms with Gasteiger partial charge in [-0.1, -0.05) is 6.07 Å². The van der Waals surface area contributed by atoms with Crippen LogP contribution >= 0.6 is 0 Å². The highest BCUT2D eigenvalue weighted by Crippen LogP contribution is 2.25. The van der Waals surface area contributed by atoms with E-state index in [0.717, 1.165) is 22.2 Å². The summed E-state index contributed by atoms with van der Waals surface area (Å²) in [5, 5.41) is 14.2. The van der Waals surface area contributed by atoms with Crippen LogP contribution in [0, 0.1) is 11.3 Å². The molecule has 9 heteroatoms. The van der Waals surface area contributed by atoms with E-state index in [1.54, 1.807) is 37.8 Å². The minimum absolute atomic E-state index is 0.253. The molecular formula is C22H16N8O. The molecule has 0 spiro atoms. The van der Waals surface area contributed by atoms with Crippen LogP contribution in [0.2, 0.25) is 0 Å². The molecule has 0 aliphatic rings. The van der Waals surface area contributed by atoms with Crippen LogP contribution in [0.3, 0.4) is 0 Å². The van der Waals surface area contributed by atoms with E-state index in [0.29, 0.717) is 17.0 Å². The number of nitrogens with zero attached hydrogens (tertiary/aromatic N) is 8. The zero-order valence-electron chi connectivity index (χ0n) is 16.8. The number of nitriles is 1. The molecule has 4 heterocycles. The van der Waals surface area contributed by atoms with Gasteiger partial charge in [0.25, 0.3) is 5.91 Å². The maximum absolute atomic E-state index is 13.0. The molecular weight excluding hydrogens is 392 g/mol. The third-order valence-corrected chi connectivity index (χ3v) is 5.18. The van der Waals surface area contributed by atoms with Crippen LogP contribution in [0.5, 0.6) is 0 Å². The molecule has 0 unspecified atom stereocenters. The van der Waals surface area contributed by atoms with Crippen LogP contribution in [0.4, 0.5) is 5.82 Å². The number of aryl methyl sites for hydroxylation is 1. The molecule has 150 valence electrons. The van der Waals surface area contributed by atoms with Crippen molar-refractivity contribution in [3.8, 4) is 17.3 Å². The van der Waals surface area contributed by atoms with Crippen molar-refractivity contribution < 1.29 is 4.79 Å². The van der Waals surface area contributed by atoms with E-state index in [1.165, 1.54) is 11.1 Å². The summed E-state index contributed by atoms with van der Waals surface area (Å²) in [5.74, 6) is 0.111. The van der Waals surface area contributed by atoms with E-state index in [-0.39, 0.29) is 11.6 Å². The average molecular weight is 408 g/mol. The number of imidazole rings is 1. The zero-order chi connectivity index (χ0) is 21.5. The van der Waals surface area contributed by atoms with Gasteiger partial charge >= 0.3 is 0 Å². The molecule has 0 saturated heterocycles. The lowest BCUT2D eigenvalue weighted by molar-refractivity contribution is 0.0987. The second-order valence-electron chi connectivity index (χ2n) is 7.07. The number of fused-ring (bicyclic) bond motifs is 2. The highest BCUT2D eigenvalue weighted by molar-refractivity contribution is 6.03. The number of carbonyl (C=O) groups is 1. The van der Waals surface area contributed by atoms with Gasteiger partial charge in [0.15, 0.2) is 5.65 Å². The van der Waals surface area contributed by atoms with E-state index in [2.05, 4.69) is 20.1 Å². The Morgan fingerprint density at radius 2 is 1.94 bits per heavy atom. The minimum atomic E-state index is -0.318. The first-order valence-corrected chi connectivity index (χ1v) is 9.44. The van der Waals surface area contributed by atoms with Crippen LogP contribution in [0.25, 0.3) is 27.8 Å². The number of rotatable bonds is 3. The van der Waals surface area contributed by atoms with Crippen molar-refractivity contribution in [3.63, 3.8) is 0 Å². The Balaban J connectivity index is 1.53. The maximum Gasteiger partial charge on any atom is 0.279 e. The lowest BCUT2D eigenvalue weighted by atomic mass is 10.1. The smallest absolute Gasteiger partial charge is 0.279 e. The third-order valence-electron chi connectivity index (χ3n) is 5.18. The normalized spacial score (nSPS) is 11.0. The number of hydrogen-bond donors (Lipinski definition) is 0. The van der Waals surface area contributed by atoms with Crippen molar-refractivity contribution in [2.24, 2.45) is 7.05 Å². The average Bonchev–Trinajstić information content (AvgIpc) is 3.41. The van der Waals surface area contributed by atoms with Gasteiger partial charge in [-0.25, -0.2) is 15.0 Å². The summed E-state index contributed by atoms with van der Waals surface area (Å²) in [7, 11) is 3.52. The van der Waals surface area contributed by atoms with Gasteiger partial charge in [-0.3, -0.25) is 18.8 Å². The topological polar surface area (TPSA) is 105 Å². The van der Waals surface area contributed by atoms with Gasteiger partial charge in [0.05, 0.1) is 35.4 Å². The number of pyridine rings is 1. The van der Waals surface area contributed by atoms with Gasteiger partial charge < -0.3 is 0 Å². The summed E-state index contributed by atoms with van der Waals surface area (Å²) in [5.41, 5.74) is 4.15. The molecule has 0 N–H and O–H groups in total. The highest BCUT2D eigenvalue weighted by atomic mass is 16.2. The van der Waals surface area contributed by atoms with E-state index in [4.69, 9.17) is 5.26 Å². The van der Waals surface area contributed by atoms with E-state index in [9.17, 15) is 4.79 Å². The standard InChI is InChI=1S/C22H16N8O/c1-28(20-6-3-14(8-23)9-25-20)22(31)17-13-30-19(11-26-21(30)12-24-17)15-4-5-18-16(7-15)10-27-29(18)2/h3-7,9-13H,1-2H3. The lowest BCUT2D eigenvalue weighted by Gasteiger charge is -2.15. The molecule has 9 nitrogen and oxygen atoms in total. The van der Waals surface area contributed by atoms with Gasteiger partial charge in [0.1, 0.15) is 17.6 Å². The molecule has 0 atom stereocenters. The molecule has 0 saturated carbocycles. The van der Waals surface area contributed by atoms with E-state index in [1.807, 2.05) is 46.6 Å². The first kappa shape index (κ1) is 18.4. The molecule has 1 aromatic carbocycles. The van der Waals surface area contributed by atoms with Gasteiger partial charge in [0.2, 0.25) is 0 Å². The van der Waals surface area contributed by atoms with Crippen LogP contribution < -0.4 is 4.90 Å². The van der Waals surface area contributed by atoms with Crippen molar-refractivity contribution >= 4 is 28.3 Å². The summed E-state index contributed by atoms with van der Waals surface area (Å²) in [6.45, 7) is 0. The Bertz CT molecular complexity index is 1490. The summed E-state index contributed by atoms with van der Waals surface area (Å²) < 4.78 is 3.67. The van der Waals surface area contributed by atoms with Crippen molar-refractivity contribution in [1.82, 2.24) is 29.1 Å². The monoisotopic (exact) mass is 408 g/mol. The van der Waals surface area contributed by atoms with Crippen LogP contribution in [0.15, 0.2) is 61.3 Å². The number of anilines is 1. The number of benzene rings is 1. The third kappa shape index (κ3) is 3.07. The van der Waals surface area contributed by atoms with Crippen molar-refractivity contribution in [1.29, 1.82) is 5.26 Å². The molecule has 0 aliphatic heterocycles. The fourth-order valence-corrected chi connectivity index (χ4v) is 3.46. The number of carbonyl (C=O) groups excluding carboxylic acids is 1. The number of aromatic nitrogens is 6. The Morgan fingerprint density at radius 1 is 1.06 bits per heavy atom. The van der Waals surface area contributed by atoms with Gasteiger partial charge in [-0.05, 0) is 24.3 Å². The first-order valence-electron chi connectivity index (χ1n) is 9.44. The zero-order valence-corrected chi connectivity index (χ0v) is 16.8. The SMILES string of the molecule is CN(C(=O)c1cn2c(-c3ccc4c(cnn4C)c3)cnc2cn1)c1ccc(C#N)cn1. The van der Waals surface area contributed by atoms with Crippen molar-refractivity contribution in [2.45, 2.75) is 0 Å². The summed E-state index contributed by atoms with van der Waals surface area (Å²) in [6.07, 6.45) is 8.25. The summed E-state index contributed by atoms with van der Waals surface area (Å²) in [4.78, 5) is 27.3. The Labute approximate surface area is 176 Å². The largest absolute Gasteiger partial charge is 0.296 e. The predicted octanol–water partition coefficient (Wildman–Crippen LogP) is 2.83. The molecule has 0 aliphatic carbocycles. The van der Waals surface area contributed by atoms with Gasteiger partial charge in [0, 0.05) is 37.4 Å². The van der Waals surface area contributed by atoms with Crippen LogP contribution in [0.1, 0.15) is 16.1 Å². The lowest BCUT2D eigenvalue weighted by Crippen LogP contribution is -2.28. The Kier molecular flexibility index (Phi) is 4.19. The number of hydrogen-bond acceptors (Lipinski definition) is 6. The van der Waals surface area contributed by atoms with E-state index < -0.39 is 0 Å². The maximum atomic E-state index is 13.0. The first-order chi connectivity index (χ1) is 15.0. The van der Waals surface area contributed by atoms with Crippen molar-refractivity contribution in [3.05, 3.63) is 72.6 Å². The van der Waals surface area contributed by atoms with Gasteiger partial charge in [-0.15, -0.1) is 0 Å². The molecule has 0 bridgehead atoms. The minimum Gasteiger partial charge on any atom is -0.296 e. The molecule has 4 aromatic heterocycles. The second kappa shape index (κ2) is 7.03. The molecule has 5 aromatic rings. The van der Waals surface area contributed by atoms with E-state index >= 15 is 0 Å². The summed E-state index contributed by atoms with van der Waals surface area (Å²) in [6, 6.07) is 11.3. The highest BCUT2D eigenvalue weighted by Gasteiger charge is 2.18. The Hall–Kier alpha value is -4.58. The van der Waals surface area contributed by atoms with Gasteiger partial charge in [-0.2, -0.15) is 10.4 Å². The molecule has 0 radical (unpaired) electrons. The molecule has 31 heavy (non-hydrogen) atoms. The Morgan fingerprint density at radius 3 is 2.71 bits per heavy atom. The molecule has 1 amide bonds. The van der Waals surface area contributed by atoms with Crippen molar-refractivity contribution in [2.75, 3.05) is 11.9 Å². The second-order valence-corrected chi connectivity index (χ2v) is 7.07. The van der Waals surface area contributed by atoms with Crippen LogP contribution in [-0.4, -0.2) is 42.1 Å². The quantitative estimate of drug-likeness (QED) is 0.455. The molecule has 0 fully saturated rings. The van der Waals surface area contributed by atoms with Crippen LogP contribution in [-0.2, 0) is 7.05 Å². The summed E-state index contributed by atoms with van der Waals surface area (Å²) >= 11 is 0.